The van der Waals surface area contributed by atoms with E-state index in [2.05, 4.69) is 21.4 Å². The van der Waals surface area contributed by atoms with E-state index < -0.39 is 5.82 Å². The molecule has 0 unspecified atom stereocenters. The number of likely N-dealkylation sites (tertiary alicyclic amines) is 2. The third-order valence-electron chi connectivity index (χ3n) is 5.30. The highest BCUT2D eigenvalue weighted by Gasteiger charge is 2.45. The average molecular weight is 346 g/mol. The summed E-state index contributed by atoms with van der Waals surface area (Å²) in [5.74, 6) is 4.77. The highest BCUT2D eigenvalue weighted by atomic mass is 19.1. The fraction of sp³-hybridized carbons (Fsp3) is 0.588. The second-order valence-corrected chi connectivity index (χ2v) is 6.95. The Balaban J connectivity index is 1.55. The molecule has 3 N–H and O–H groups in total. The fourth-order valence-electron chi connectivity index (χ4n) is 3.71. The minimum absolute atomic E-state index is 0.0928. The van der Waals surface area contributed by atoms with Crippen molar-refractivity contribution in [3.8, 4) is 6.07 Å². The molecule has 7 nitrogen and oxygen atoms in total. The Morgan fingerprint density at radius 3 is 2.80 bits per heavy atom. The molecule has 0 saturated carbocycles. The summed E-state index contributed by atoms with van der Waals surface area (Å²) in [5, 5.41) is 8.90. The lowest BCUT2D eigenvalue weighted by Gasteiger charge is -2.53. The molecule has 1 aromatic heterocycles. The number of carbonyl (C=O) groups excluding carboxylic acids is 1. The first-order chi connectivity index (χ1) is 12.0. The summed E-state index contributed by atoms with van der Waals surface area (Å²) in [6.07, 6.45) is 3.53. The molecular formula is C17H23FN6O. The summed E-state index contributed by atoms with van der Waals surface area (Å²) < 4.78 is 14.1. The Kier molecular flexibility index (Phi) is 4.99. The highest BCUT2D eigenvalue weighted by molar-refractivity contribution is 5.94. The van der Waals surface area contributed by atoms with Crippen LogP contribution in [0.4, 0.5) is 4.39 Å². The predicted octanol–water partition coefficient (Wildman–Crippen LogP) is 0.565. The van der Waals surface area contributed by atoms with Gasteiger partial charge >= 0.3 is 0 Å². The first kappa shape index (κ1) is 17.7. The van der Waals surface area contributed by atoms with E-state index in [1.165, 1.54) is 12.3 Å². The van der Waals surface area contributed by atoms with Crippen molar-refractivity contribution in [1.29, 1.82) is 5.26 Å². The number of aromatic nitrogens is 1. The lowest BCUT2D eigenvalue weighted by Crippen LogP contribution is -2.73. The van der Waals surface area contributed by atoms with Crippen LogP contribution in [0.25, 0.3) is 0 Å². The van der Waals surface area contributed by atoms with E-state index in [0.29, 0.717) is 25.6 Å². The summed E-state index contributed by atoms with van der Waals surface area (Å²) in [6, 6.07) is 3.98. The summed E-state index contributed by atoms with van der Waals surface area (Å²) >= 11 is 0. The van der Waals surface area contributed by atoms with E-state index in [9.17, 15) is 9.18 Å². The Bertz CT molecular complexity index is 689. The minimum atomic E-state index is -0.535. The number of hydrogen-bond donors (Lipinski definition) is 2. The monoisotopic (exact) mass is 346 g/mol. The van der Waals surface area contributed by atoms with E-state index in [1.807, 2.05) is 0 Å². The van der Waals surface area contributed by atoms with E-state index in [-0.39, 0.29) is 22.7 Å². The molecule has 2 fully saturated rings. The molecule has 25 heavy (non-hydrogen) atoms. The van der Waals surface area contributed by atoms with Crippen LogP contribution in [-0.2, 0) is 0 Å². The van der Waals surface area contributed by atoms with Crippen molar-refractivity contribution < 1.29 is 9.18 Å². The Morgan fingerprint density at radius 1 is 1.52 bits per heavy atom. The number of pyridine rings is 1. The lowest BCUT2D eigenvalue weighted by molar-refractivity contribution is -0.0129. The van der Waals surface area contributed by atoms with Crippen molar-refractivity contribution in [3.63, 3.8) is 0 Å². The van der Waals surface area contributed by atoms with Crippen molar-refractivity contribution >= 4 is 5.91 Å². The molecule has 0 radical (unpaired) electrons. The molecule has 3 heterocycles. The Hall–Kier alpha value is -2.08. The zero-order valence-electron chi connectivity index (χ0n) is 14.3. The van der Waals surface area contributed by atoms with E-state index in [4.69, 9.17) is 11.1 Å². The van der Waals surface area contributed by atoms with Crippen LogP contribution in [-0.4, -0.2) is 58.5 Å². The number of nitrogens with one attached hydrogen (secondary N) is 1. The summed E-state index contributed by atoms with van der Waals surface area (Å²) in [5.41, 5.74) is 2.80. The molecular weight excluding hydrogens is 323 g/mol. The molecule has 1 amide bonds. The van der Waals surface area contributed by atoms with Crippen LogP contribution < -0.4 is 11.3 Å². The molecule has 8 heteroatoms. The number of piperidine rings is 1. The van der Waals surface area contributed by atoms with E-state index >= 15 is 0 Å². The molecule has 2 aliphatic heterocycles. The number of carbonyl (C=O) groups is 1. The number of hydrazine groups is 1. The molecule has 2 saturated heterocycles. The molecule has 1 aromatic rings. The number of halogens is 1. The number of hydrogen-bond acceptors (Lipinski definition) is 6. The zero-order chi connectivity index (χ0) is 18.0. The standard InChI is InChI=1S/C17H23FN6O/c1-12-15(18)14(2-7-21-12)16(25)23-8-3-13(4-9-23)24-10-17(11-24,22-20)5-6-19/h2,7,13,22H,3-5,8-11,20H2,1H3. The van der Waals surface area contributed by atoms with Gasteiger partial charge < -0.3 is 4.90 Å². The van der Waals surface area contributed by atoms with Crippen molar-refractivity contribution in [2.24, 2.45) is 5.84 Å². The number of amides is 1. The van der Waals surface area contributed by atoms with Crippen molar-refractivity contribution in [2.45, 2.75) is 37.8 Å². The SMILES string of the molecule is Cc1nccc(C(=O)N2CCC(N3CC(CC#N)(NN)C3)CC2)c1F. The van der Waals surface area contributed by atoms with Gasteiger partial charge in [-0.05, 0) is 25.8 Å². The second-order valence-electron chi connectivity index (χ2n) is 6.95. The van der Waals surface area contributed by atoms with Crippen molar-refractivity contribution in [3.05, 3.63) is 29.3 Å². The van der Waals surface area contributed by atoms with Crippen LogP contribution in [0.15, 0.2) is 12.3 Å². The number of nitriles is 1. The van der Waals surface area contributed by atoms with Gasteiger partial charge in [0.05, 0.1) is 29.3 Å². The van der Waals surface area contributed by atoms with Gasteiger partial charge in [0.1, 0.15) is 0 Å². The zero-order valence-corrected chi connectivity index (χ0v) is 14.3. The average Bonchev–Trinajstić information content (AvgIpc) is 2.60. The van der Waals surface area contributed by atoms with Gasteiger partial charge in [0.2, 0.25) is 0 Å². The summed E-state index contributed by atoms with van der Waals surface area (Å²) in [6.45, 7) is 4.24. The molecule has 0 bridgehead atoms. The summed E-state index contributed by atoms with van der Waals surface area (Å²) in [4.78, 5) is 20.4. The normalized spacial score (nSPS) is 20.8. The van der Waals surface area contributed by atoms with Crippen LogP contribution >= 0.6 is 0 Å². The van der Waals surface area contributed by atoms with E-state index in [1.54, 1.807) is 11.8 Å². The maximum absolute atomic E-state index is 14.1. The molecule has 0 aliphatic carbocycles. The van der Waals surface area contributed by atoms with Gasteiger partial charge in [0, 0.05) is 38.4 Å². The van der Waals surface area contributed by atoms with Crippen molar-refractivity contribution in [2.75, 3.05) is 26.2 Å². The molecule has 2 aliphatic rings. The third-order valence-corrected chi connectivity index (χ3v) is 5.30. The van der Waals surface area contributed by atoms with Gasteiger partial charge in [0.25, 0.3) is 5.91 Å². The summed E-state index contributed by atoms with van der Waals surface area (Å²) in [7, 11) is 0. The maximum atomic E-state index is 14.1. The quantitative estimate of drug-likeness (QED) is 0.611. The van der Waals surface area contributed by atoms with Crippen LogP contribution in [0.5, 0.6) is 0 Å². The van der Waals surface area contributed by atoms with Crippen LogP contribution in [0, 0.1) is 24.1 Å². The number of rotatable bonds is 4. The number of nitrogens with zero attached hydrogens (tertiary/aromatic N) is 4. The predicted molar refractivity (Wildman–Crippen MR) is 89.7 cm³/mol. The maximum Gasteiger partial charge on any atom is 0.256 e. The molecule has 0 spiro atoms. The molecule has 0 aromatic carbocycles. The molecule has 0 atom stereocenters. The minimum Gasteiger partial charge on any atom is -0.338 e. The molecule has 134 valence electrons. The van der Waals surface area contributed by atoms with Gasteiger partial charge in [-0.3, -0.25) is 25.9 Å². The van der Waals surface area contributed by atoms with Gasteiger partial charge in [-0.25, -0.2) is 4.39 Å². The van der Waals surface area contributed by atoms with Gasteiger partial charge in [-0.15, -0.1) is 0 Å². The Labute approximate surface area is 146 Å². The first-order valence-electron chi connectivity index (χ1n) is 8.49. The highest BCUT2D eigenvalue weighted by Crippen LogP contribution is 2.30. The van der Waals surface area contributed by atoms with Crippen LogP contribution in [0.2, 0.25) is 0 Å². The third kappa shape index (κ3) is 3.35. The first-order valence-corrected chi connectivity index (χ1v) is 8.49. The van der Waals surface area contributed by atoms with Gasteiger partial charge in [0.15, 0.2) is 5.82 Å². The number of nitrogens with two attached hydrogens (primary N) is 1. The fourth-order valence-corrected chi connectivity index (χ4v) is 3.71. The Morgan fingerprint density at radius 2 is 2.20 bits per heavy atom. The topological polar surface area (TPSA) is 98.3 Å². The van der Waals surface area contributed by atoms with Gasteiger partial charge in [-0.1, -0.05) is 0 Å². The second kappa shape index (κ2) is 7.04. The lowest BCUT2D eigenvalue weighted by atomic mass is 9.84. The van der Waals surface area contributed by atoms with Crippen LogP contribution in [0.3, 0.4) is 0 Å². The van der Waals surface area contributed by atoms with Crippen molar-refractivity contribution in [1.82, 2.24) is 20.2 Å². The largest absolute Gasteiger partial charge is 0.338 e. The smallest absolute Gasteiger partial charge is 0.256 e. The van der Waals surface area contributed by atoms with Crippen LogP contribution in [0.1, 0.15) is 35.3 Å². The molecule has 3 rings (SSSR count). The number of aryl methyl sites for hydroxylation is 1. The van der Waals surface area contributed by atoms with Gasteiger partial charge in [-0.2, -0.15) is 5.26 Å². The van der Waals surface area contributed by atoms with E-state index in [0.717, 1.165) is 25.9 Å².